The van der Waals surface area contributed by atoms with Gasteiger partial charge in [-0.15, -0.1) is 10.2 Å². The summed E-state index contributed by atoms with van der Waals surface area (Å²) in [5, 5.41) is 17.0. The lowest BCUT2D eigenvalue weighted by Crippen LogP contribution is -2.14. The Labute approximate surface area is 126 Å². The van der Waals surface area contributed by atoms with Gasteiger partial charge in [-0.1, -0.05) is 11.3 Å². The van der Waals surface area contributed by atoms with Crippen LogP contribution in [0.15, 0.2) is 27.6 Å². The maximum Gasteiger partial charge on any atom is 0.335 e. The molecule has 0 bridgehead atoms. The fourth-order valence-electron chi connectivity index (χ4n) is 1.35. The molecule has 2 aromatic rings. The number of aromatic nitrogens is 2. The largest absolute Gasteiger partial charge is 0.478 e. The van der Waals surface area contributed by atoms with Gasteiger partial charge in [0.05, 0.1) is 5.56 Å². The number of rotatable bonds is 4. The highest BCUT2D eigenvalue weighted by molar-refractivity contribution is 9.10. The molecule has 1 heterocycles. The molecule has 0 atom stereocenters. The molecule has 106 valence electrons. The van der Waals surface area contributed by atoms with Gasteiger partial charge in [0.25, 0.3) is 10.0 Å². The molecule has 0 radical (unpaired) electrons. The molecule has 10 heteroatoms. The Balaban J connectivity index is 2.43. The van der Waals surface area contributed by atoms with Crippen LogP contribution in [0.3, 0.4) is 0 Å². The van der Waals surface area contributed by atoms with E-state index >= 15 is 0 Å². The van der Waals surface area contributed by atoms with E-state index in [0.717, 1.165) is 17.4 Å². The molecule has 20 heavy (non-hydrogen) atoms. The first kappa shape index (κ1) is 14.9. The summed E-state index contributed by atoms with van der Waals surface area (Å²) in [6.07, 6.45) is 0. The van der Waals surface area contributed by atoms with Crippen LogP contribution in [-0.2, 0) is 10.0 Å². The number of aromatic carboxylic acids is 1. The molecule has 2 rings (SSSR count). The number of anilines is 1. The van der Waals surface area contributed by atoms with Crippen LogP contribution in [-0.4, -0.2) is 29.7 Å². The van der Waals surface area contributed by atoms with Gasteiger partial charge in [-0.2, -0.15) is 0 Å². The van der Waals surface area contributed by atoms with Crippen molar-refractivity contribution in [2.75, 3.05) is 4.72 Å². The van der Waals surface area contributed by atoms with Crippen LogP contribution in [0.2, 0.25) is 0 Å². The maximum atomic E-state index is 12.2. The number of hydrogen-bond acceptors (Lipinski definition) is 6. The minimum absolute atomic E-state index is 0.120. The molecule has 0 amide bonds. The monoisotopic (exact) mass is 377 g/mol. The van der Waals surface area contributed by atoms with Crippen LogP contribution in [0.4, 0.5) is 5.13 Å². The van der Waals surface area contributed by atoms with E-state index in [2.05, 4.69) is 30.8 Å². The molecule has 0 spiro atoms. The molecule has 0 saturated carbocycles. The predicted octanol–water partition coefficient (Wildman–Crippen LogP) is 2.11. The highest BCUT2D eigenvalue weighted by atomic mass is 79.9. The van der Waals surface area contributed by atoms with Crippen molar-refractivity contribution in [3.8, 4) is 0 Å². The molecule has 0 aliphatic rings. The lowest BCUT2D eigenvalue weighted by atomic mass is 10.2. The summed E-state index contributed by atoms with van der Waals surface area (Å²) in [5.41, 5.74) is -0.123. The maximum absolute atomic E-state index is 12.2. The third-order valence-electron chi connectivity index (χ3n) is 2.22. The lowest BCUT2D eigenvalue weighted by molar-refractivity contribution is 0.0696. The van der Waals surface area contributed by atoms with E-state index in [1.54, 1.807) is 6.92 Å². The molecule has 1 aromatic heterocycles. The van der Waals surface area contributed by atoms with E-state index in [0.29, 0.717) is 5.01 Å². The molecule has 0 unspecified atom stereocenters. The molecule has 0 aliphatic carbocycles. The Morgan fingerprint density at radius 3 is 2.65 bits per heavy atom. The summed E-state index contributed by atoms with van der Waals surface area (Å²) < 4.78 is 26.9. The van der Waals surface area contributed by atoms with Gasteiger partial charge in [-0.3, -0.25) is 4.72 Å². The minimum atomic E-state index is -3.94. The Morgan fingerprint density at radius 2 is 2.10 bits per heavy atom. The Kier molecular flexibility index (Phi) is 4.06. The number of carbonyl (C=O) groups is 1. The summed E-state index contributed by atoms with van der Waals surface area (Å²) in [6.45, 7) is 1.69. The van der Waals surface area contributed by atoms with Crippen molar-refractivity contribution in [2.24, 2.45) is 0 Å². The predicted molar refractivity (Wildman–Crippen MR) is 76.6 cm³/mol. The van der Waals surface area contributed by atoms with Crippen molar-refractivity contribution >= 4 is 48.4 Å². The second-order valence-electron chi connectivity index (χ2n) is 3.68. The molecular weight excluding hydrogens is 370 g/mol. The van der Waals surface area contributed by atoms with Gasteiger partial charge in [0.15, 0.2) is 0 Å². The van der Waals surface area contributed by atoms with E-state index in [1.807, 2.05) is 0 Å². The first-order chi connectivity index (χ1) is 9.29. The van der Waals surface area contributed by atoms with Gasteiger partial charge in [-0.05, 0) is 41.1 Å². The van der Waals surface area contributed by atoms with Gasteiger partial charge in [0.1, 0.15) is 9.90 Å². The fourth-order valence-corrected chi connectivity index (χ4v) is 4.16. The number of nitrogens with zero attached hydrogens (tertiary/aromatic N) is 2. The van der Waals surface area contributed by atoms with Crippen LogP contribution in [0.1, 0.15) is 15.4 Å². The SMILES string of the molecule is Cc1nnc(NS(=O)(=O)c2cc(C(=O)O)ccc2Br)s1. The Hall–Kier alpha value is -1.52. The minimum Gasteiger partial charge on any atom is -0.478 e. The van der Waals surface area contributed by atoms with Gasteiger partial charge in [0.2, 0.25) is 5.13 Å². The number of aryl methyl sites for hydroxylation is 1. The zero-order chi connectivity index (χ0) is 14.9. The molecule has 0 saturated heterocycles. The number of hydrogen-bond donors (Lipinski definition) is 2. The smallest absolute Gasteiger partial charge is 0.335 e. The number of sulfonamides is 1. The second kappa shape index (κ2) is 5.46. The van der Waals surface area contributed by atoms with Crippen molar-refractivity contribution in [3.63, 3.8) is 0 Å². The van der Waals surface area contributed by atoms with Crippen molar-refractivity contribution < 1.29 is 18.3 Å². The standard InChI is InChI=1S/C10H8BrN3O4S2/c1-5-12-13-10(19-5)14-20(17,18)8-4-6(9(15)16)2-3-7(8)11/h2-4H,1H3,(H,13,14)(H,15,16). The van der Waals surface area contributed by atoms with E-state index < -0.39 is 16.0 Å². The third kappa shape index (κ3) is 3.14. The number of nitrogens with one attached hydrogen (secondary N) is 1. The van der Waals surface area contributed by atoms with Crippen molar-refractivity contribution in [2.45, 2.75) is 11.8 Å². The van der Waals surface area contributed by atoms with E-state index in [9.17, 15) is 13.2 Å². The molecule has 1 aromatic carbocycles. The second-order valence-corrected chi connectivity index (χ2v) is 7.37. The van der Waals surface area contributed by atoms with Gasteiger partial charge in [-0.25, -0.2) is 13.2 Å². The highest BCUT2D eigenvalue weighted by Gasteiger charge is 2.21. The van der Waals surface area contributed by atoms with E-state index in [1.165, 1.54) is 12.1 Å². The van der Waals surface area contributed by atoms with E-state index in [-0.39, 0.29) is 20.1 Å². The van der Waals surface area contributed by atoms with Gasteiger partial charge < -0.3 is 5.11 Å². The van der Waals surface area contributed by atoms with Gasteiger partial charge in [0, 0.05) is 4.47 Å². The number of halogens is 1. The van der Waals surface area contributed by atoms with Crippen LogP contribution >= 0.6 is 27.3 Å². The zero-order valence-corrected chi connectivity index (χ0v) is 13.2. The number of carboxylic acid groups (broad SMARTS) is 1. The van der Waals surface area contributed by atoms with E-state index in [4.69, 9.17) is 5.11 Å². The number of carboxylic acids is 1. The van der Waals surface area contributed by atoms with Crippen LogP contribution in [0.5, 0.6) is 0 Å². The van der Waals surface area contributed by atoms with Crippen molar-refractivity contribution in [1.82, 2.24) is 10.2 Å². The summed E-state index contributed by atoms with van der Waals surface area (Å²) in [5.74, 6) is -1.21. The zero-order valence-electron chi connectivity index (χ0n) is 9.99. The average Bonchev–Trinajstić information content (AvgIpc) is 2.73. The summed E-state index contributed by atoms with van der Waals surface area (Å²) >= 11 is 4.17. The fraction of sp³-hybridized carbons (Fsp3) is 0.100. The highest BCUT2D eigenvalue weighted by Crippen LogP contribution is 2.26. The molecule has 2 N–H and O–H groups in total. The quantitative estimate of drug-likeness (QED) is 0.844. The topological polar surface area (TPSA) is 109 Å². The van der Waals surface area contributed by atoms with Crippen LogP contribution < -0.4 is 4.72 Å². The normalized spacial score (nSPS) is 11.3. The first-order valence-electron chi connectivity index (χ1n) is 5.15. The molecule has 0 aliphatic heterocycles. The lowest BCUT2D eigenvalue weighted by Gasteiger charge is -2.07. The van der Waals surface area contributed by atoms with Crippen molar-refractivity contribution in [3.05, 3.63) is 33.2 Å². The Morgan fingerprint density at radius 1 is 1.40 bits per heavy atom. The summed E-state index contributed by atoms with van der Waals surface area (Å²) in [7, 11) is -3.94. The van der Waals surface area contributed by atoms with Crippen molar-refractivity contribution in [1.29, 1.82) is 0 Å². The average molecular weight is 378 g/mol. The number of benzene rings is 1. The molecule has 7 nitrogen and oxygen atoms in total. The van der Waals surface area contributed by atoms with Crippen LogP contribution in [0, 0.1) is 6.92 Å². The molecule has 0 fully saturated rings. The summed E-state index contributed by atoms with van der Waals surface area (Å²) in [4.78, 5) is 10.7. The first-order valence-corrected chi connectivity index (χ1v) is 8.24. The van der Waals surface area contributed by atoms with Crippen LogP contribution in [0.25, 0.3) is 0 Å². The van der Waals surface area contributed by atoms with Gasteiger partial charge >= 0.3 is 5.97 Å². The third-order valence-corrected chi connectivity index (χ3v) is 5.43. The Bertz CT molecular complexity index is 773. The summed E-state index contributed by atoms with van der Waals surface area (Å²) in [6, 6.07) is 3.74. The molecular formula is C10H8BrN3O4S2.